The number of nitrogens with one attached hydrogen (secondary N) is 1. The van der Waals surface area contributed by atoms with Crippen molar-refractivity contribution in [2.75, 3.05) is 11.9 Å². The Kier molecular flexibility index (Phi) is 5.90. The van der Waals surface area contributed by atoms with Crippen molar-refractivity contribution in [3.8, 4) is 0 Å². The van der Waals surface area contributed by atoms with Crippen LogP contribution in [0.15, 0.2) is 30.3 Å². The van der Waals surface area contributed by atoms with E-state index in [9.17, 15) is 23.1 Å². The number of alkyl halides is 3. The quantitative estimate of drug-likeness (QED) is 0.476. The van der Waals surface area contributed by atoms with Crippen LogP contribution in [0, 0.1) is 39.9 Å². The Hall–Kier alpha value is -1.56. The number of para-hydroxylation sites is 1. The number of carbonyl (C=O) groups is 1. The second-order valence-electron chi connectivity index (χ2n) is 12.9. The van der Waals surface area contributed by atoms with Gasteiger partial charge in [-0.1, -0.05) is 39.0 Å². The molecule has 0 aromatic heterocycles. The maximum Gasteiger partial charge on any atom is 0.417 e. The first-order valence-electron chi connectivity index (χ1n) is 13.4. The van der Waals surface area contributed by atoms with Gasteiger partial charge in [-0.2, -0.15) is 13.2 Å². The summed E-state index contributed by atoms with van der Waals surface area (Å²) in [6.07, 6.45) is 1.03. The van der Waals surface area contributed by atoms with Crippen LogP contribution >= 0.6 is 0 Å². The molecule has 5 rings (SSSR count). The average molecular weight is 492 g/mol. The fourth-order valence-electron chi connectivity index (χ4n) is 9.58. The van der Waals surface area contributed by atoms with E-state index in [1.807, 2.05) is 30.3 Å². The minimum atomic E-state index is -4.56. The van der Waals surface area contributed by atoms with Gasteiger partial charge < -0.3 is 10.4 Å². The molecule has 3 nitrogen and oxygen atoms in total. The molecule has 35 heavy (non-hydrogen) atoms. The Balaban J connectivity index is 1.34. The molecule has 2 N–H and O–H groups in total. The summed E-state index contributed by atoms with van der Waals surface area (Å²) in [6, 6.07) is 9.82. The zero-order valence-corrected chi connectivity index (χ0v) is 21.3. The van der Waals surface area contributed by atoms with Gasteiger partial charge in [-0.25, -0.2) is 0 Å². The summed E-state index contributed by atoms with van der Waals surface area (Å²) >= 11 is 0. The molecule has 6 heteroatoms. The summed E-state index contributed by atoms with van der Waals surface area (Å²) in [5.41, 5.74) is -1.77. The number of rotatable bonds is 4. The first-order valence-corrected chi connectivity index (χ1v) is 13.4. The molecule has 0 heterocycles. The first-order chi connectivity index (χ1) is 16.3. The van der Waals surface area contributed by atoms with Crippen molar-refractivity contribution in [2.45, 2.75) is 90.3 Å². The van der Waals surface area contributed by atoms with Crippen LogP contribution in [0.25, 0.3) is 0 Å². The predicted octanol–water partition coefficient (Wildman–Crippen LogP) is 7.01. The van der Waals surface area contributed by atoms with Gasteiger partial charge in [0.2, 0.25) is 0 Å². The second kappa shape index (κ2) is 8.22. The molecule has 1 aromatic carbocycles. The standard InChI is InChI=1S/C29H40F3NO2/c1-25-15-16-28(35,29(30,31)32)17-19(25)11-13-27(3)23-10-9-21(26(23,2)14-12-24(25)27)22(34)18-33-20-7-5-4-6-8-20/h4-8,19,21,23-24,33,35H,9-18H2,1-3H3/t19-,21+,23+,24+,25-,26+,27-,28+/m0/s1. The van der Waals surface area contributed by atoms with Gasteiger partial charge in [0.1, 0.15) is 0 Å². The number of fused-ring (bicyclic) bond motifs is 5. The minimum Gasteiger partial charge on any atom is -0.380 e. The molecule has 0 saturated heterocycles. The summed E-state index contributed by atoms with van der Waals surface area (Å²) in [5.74, 6) is 0.989. The zero-order valence-electron chi connectivity index (χ0n) is 21.3. The van der Waals surface area contributed by atoms with E-state index in [2.05, 4.69) is 26.1 Å². The van der Waals surface area contributed by atoms with E-state index in [1.54, 1.807) is 0 Å². The lowest BCUT2D eigenvalue weighted by molar-refractivity contribution is -0.293. The van der Waals surface area contributed by atoms with E-state index in [-0.39, 0.29) is 46.7 Å². The second-order valence-corrected chi connectivity index (χ2v) is 12.9. The van der Waals surface area contributed by atoms with Crippen molar-refractivity contribution >= 4 is 11.5 Å². The molecule has 4 saturated carbocycles. The number of hydrogen-bond acceptors (Lipinski definition) is 3. The molecule has 194 valence electrons. The summed E-state index contributed by atoms with van der Waals surface area (Å²) in [5, 5.41) is 13.8. The third kappa shape index (κ3) is 3.76. The Morgan fingerprint density at radius 1 is 0.914 bits per heavy atom. The van der Waals surface area contributed by atoms with Gasteiger partial charge >= 0.3 is 6.18 Å². The number of aliphatic hydroxyl groups is 1. The van der Waals surface area contributed by atoms with Crippen LogP contribution in [0.5, 0.6) is 0 Å². The van der Waals surface area contributed by atoms with Crippen molar-refractivity contribution in [2.24, 2.45) is 39.9 Å². The predicted molar refractivity (Wildman–Crippen MR) is 131 cm³/mol. The van der Waals surface area contributed by atoms with E-state index < -0.39 is 11.8 Å². The van der Waals surface area contributed by atoms with Crippen LogP contribution in [0.1, 0.15) is 78.6 Å². The summed E-state index contributed by atoms with van der Waals surface area (Å²) in [6.45, 7) is 7.24. The Morgan fingerprint density at radius 3 is 2.26 bits per heavy atom. The molecule has 4 aliphatic rings. The maximum absolute atomic E-state index is 13.6. The number of anilines is 1. The Morgan fingerprint density at radius 2 is 1.57 bits per heavy atom. The molecule has 0 aliphatic heterocycles. The SMILES string of the molecule is C[C@@]12CC[C@H]3C[C@@](O)(C(F)(F)F)CC[C@]3(C)[C@H]1CC[C@@]1(C)[C@H]2CC[C@@H]1C(=O)CNc1ccccc1. The van der Waals surface area contributed by atoms with Gasteiger partial charge in [0.15, 0.2) is 11.4 Å². The van der Waals surface area contributed by atoms with Gasteiger partial charge in [-0.15, -0.1) is 0 Å². The summed E-state index contributed by atoms with van der Waals surface area (Å²) < 4.78 is 40.9. The number of Topliss-reactive ketones (excluding diaryl/α,β-unsaturated/α-hetero) is 1. The van der Waals surface area contributed by atoms with Crippen molar-refractivity contribution in [3.63, 3.8) is 0 Å². The molecular formula is C29H40F3NO2. The molecular weight excluding hydrogens is 451 g/mol. The van der Waals surface area contributed by atoms with Gasteiger partial charge in [0.25, 0.3) is 0 Å². The molecule has 0 bridgehead atoms. The fourth-order valence-corrected chi connectivity index (χ4v) is 9.58. The maximum atomic E-state index is 13.6. The first kappa shape index (κ1) is 25.1. The van der Waals surface area contributed by atoms with Crippen molar-refractivity contribution in [1.29, 1.82) is 0 Å². The average Bonchev–Trinajstić information content (AvgIpc) is 3.16. The van der Waals surface area contributed by atoms with Crippen LogP contribution in [0.2, 0.25) is 0 Å². The number of halogens is 3. The lowest BCUT2D eigenvalue weighted by Gasteiger charge is -2.66. The van der Waals surface area contributed by atoms with Crippen molar-refractivity contribution < 1.29 is 23.1 Å². The van der Waals surface area contributed by atoms with Crippen molar-refractivity contribution in [3.05, 3.63) is 30.3 Å². The summed E-state index contributed by atoms with van der Waals surface area (Å²) in [7, 11) is 0. The number of benzene rings is 1. The summed E-state index contributed by atoms with van der Waals surface area (Å²) in [4.78, 5) is 13.4. The molecule has 0 radical (unpaired) electrons. The molecule has 1 aromatic rings. The van der Waals surface area contributed by atoms with E-state index in [0.717, 1.165) is 44.2 Å². The van der Waals surface area contributed by atoms with Crippen LogP contribution in [-0.2, 0) is 4.79 Å². The molecule has 0 spiro atoms. The van der Waals surface area contributed by atoms with E-state index in [4.69, 9.17) is 0 Å². The van der Waals surface area contributed by atoms with E-state index in [1.165, 1.54) is 0 Å². The van der Waals surface area contributed by atoms with E-state index >= 15 is 0 Å². The third-order valence-corrected chi connectivity index (χ3v) is 11.5. The van der Waals surface area contributed by atoms with E-state index in [0.29, 0.717) is 24.8 Å². The number of ketones is 1. The monoisotopic (exact) mass is 491 g/mol. The zero-order chi connectivity index (χ0) is 25.3. The van der Waals surface area contributed by atoms with Crippen molar-refractivity contribution in [1.82, 2.24) is 0 Å². The molecule has 4 aliphatic carbocycles. The molecule has 8 atom stereocenters. The topological polar surface area (TPSA) is 49.3 Å². The van der Waals surface area contributed by atoms with Crippen LogP contribution < -0.4 is 5.32 Å². The minimum absolute atomic E-state index is 0.0355. The smallest absolute Gasteiger partial charge is 0.380 e. The highest BCUT2D eigenvalue weighted by Gasteiger charge is 2.68. The Labute approximate surface area is 207 Å². The highest BCUT2D eigenvalue weighted by atomic mass is 19.4. The highest BCUT2D eigenvalue weighted by Crippen LogP contribution is 2.73. The van der Waals surface area contributed by atoms with Gasteiger partial charge in [-0.05, 0) is 104 Å². The largest absolute Gasteiger partial charge is 0.417 e. The molecule has 0 amide bonds. The lowest BCUT2D eigenvalue weighted by atomic mass is 9.39. The van der Waals surface area contributed by atoms with Gasteiger partial charge in [0.05, 0.1) is 6.54 Å². The molecule has 0 unspecified atom stereocenters. The fraction of sp³-hybridized carbons (Fsp3) is 0.759. The number of carbonyl (C=O) groups excluding carboxylic acids is 1. The Bertz CT molecular complexity index is 966. The van der Waals surface area contributed by atoms with Gasteiger partial charge in [-0.3, -0.25) is 4.79 Å². The van der Waals surface area contributed by atoms with Crippen LogP contribution in [-0.4, -0.2) is 29.2 Å². The van der Waals surface area contributed by atoms with Crippen LogP contribution in [0.3, 0.4) is 0 Å². The third-order valence-electron chi connectivity index (χ3n) is 11.5. The molecule has 4 fully saturated rings. The van der Waals surface area contributed by atoms with Crippen LogP contribution in [0.4, 0.5) is 18.9 Å². The lowest BCUT2D eigenvalue weighted by Crippen LogP contribution is -2.62. The van der Waals surface area contributed by atoms with Gasteiger partial charge in [0, 0.05) is 11.6 Å². The normalized spacial score (nSPS) is 45.2. The highest BCUT2D eigenvalue weighted by molar-refractivity contribution is 5.86. The number of hydrogen-bond donors (Lipinski definition) is 2.